The lowest BCUT2D eigenvalue weighted by Gasteiger charge is -2.41. The second-order valence-corrected chi connectivity index (χ2v) is 7.05. The van der Waals surface area contributed by atoms with E-state index in [4.69, 9.17) is 4.74 Å². The SMILES string of the molecule is CCC1SCC(C(=O)O)N1C(=O)N1CCOC2CCCC21. The third-order valence-corrected chi connectivity index (χ3v) is 6.13. The molecule has 0 aromatic heterocycles. The summed E-state index contributed by atoms with van der Waals surface area (Å²) in [5.74, 6) is -0.416. The second-order valence-electron chi connectivity index (χ2n) is 5.84. The number of rotatable bonds is 2. The van der Waals surface area contributed by atoms with Gasteiger partial charge < -0.3 is 14.7 Å². The van der Waals surface area contributed by atoms with Gasteiger partial charge in [-0.1, -0.05) is 6.92 Å². The number of morpholine rings is 1. The van der Waals surface area contributed by atoms with E-state index in [-0.39, 0.29) is 23.6 Å². The molecule has 118 valence electrons. The fourth-order valence-electron chi connectivity index (χ4n) is 3.64. The Morgan fingerprint density at radius 1 is 1.38 bits per heavy atom. The Bertz CT molecular complexity index is 433. The molecular formula is C14H22N2O4S. The van der Waals surface area contributed by atoms with Gasteiger partial charge in [0.05, 0.1) is 24.1 Å². The molecule has 1 saturated carbocycles. The zero-order chi connectivity index (χ0) is 15.0. The van der Waals surface area contributed by atoms with Crippen LogP contribution >= 0.6 is 11.8 Å². The predicted molar refractivity (Wildman–Crippen MR) is 79.3 cm³/mol. The van der Waals surface area contributed by atoms with E-state index in [1.54, 1.807) is 16.7 Å². The summed E-state index contributed by atoms with van der Waals surface area (Å²) in [6.45, 7) is 3.13. The first-order valence-corrected chi connectivity index (χ1v) is 8.73. The number of carboxylic acids is 1. The van der Waals surface area contributed by atoms with Crippen LogP contribution in [0.2, 0.25) is 0 Å². The summed E-state index contributed by atoms with van der Waals surface area (Å²) < 4.78 is 5.74. The van der Waals surface area contributed by atoms with Crippen LogP contribution in [0.4, 0.5) is 4.79 Å². The Hall–Kier alpha value is -0.950. The van der Waals surface area contributed by atoms with Crippen LogP contribution in [0.5, 0.6) is 0 Å². The number of hydrogen-bond donors (Lipinski definition) is 1. The second kappa shape index (κ2) is 6.04. The van der Waals surface area contributed by atoms with Crippen LogP contribution in [0, 0.1) is 0 Å². The number of carboxylic acid groups (broad SMARTS) is 1. The molecule has 2 saturated heterocycles. The average Bonchev–Trinajstić information content (AvgIpc) is 3.11. The summed E-state index contributed by atoms with van der Waals surface area (Å²) in [5, 5.41) is 9.35. The first kappa shape index (κ1) is 15.0. The van der Waals surface area contributed by atoms with Gasteiger partial charge in [-0.25, -0.2) is 9.59 Å². The van der Waals surface area contributed by atoms with Crippen LogP contribution in [-0.4, -0.2) is 69.4 Å². The molecule has 3 fully saturated rings. The summed E-state index contributed by atoms with van der Waals surface area (Å²) in [6, 6.07) is -0.682. The van der Waals surface area contributed by atoms with Gasteiger partial charge in [0, 0.05) is 12.3 Å². The molecule has 3 aliphatic rings. The van der Waals surface area contributed by atoms with Crippen molar-refractivity contribution in [2.75, 3.05) is 18.9 Å². The third-order valence-electron chi connectivity index (χ3n) is 4.68. The molecule has 6 nitrogen and oxygen atoms in total. The van der Waals surface area contributed by atoms with E-state index in [1.165, 1.54) is 0 Å². The van der Waals surface area contributed by atoms with Crippen molar-refractivity contribution >= 4 is 23.8 Å². The monoisotopic (exact) mass is 314 g/mol. The van der Waals surface area contributed by atoms with Crippen molar-refractivity contribution in [3.63, 3.8) is 0 Å². The van der Waals surface area contributed by atoms with Crippen molar-refractivity contribution in [1.82, 2.24) is 9.80 Å². The van der Waals surface area contributed by atoms with E-state index in [2.05, 4.69) is 0 Å². The maximum absolute atomic E-state index is 12.9. The highest BCUT2D eigenvalue weighted by molar-refractivity contribution is 8.00. The number of hydrogen-bond acceptors (Lipinski definition) is 4. The van der Waals surface area contributed by atoms with Crippen LogP contribution in [0.3, 0.4) is 0 Å². The molecular weight excluding hydrogens is 292 g/mol. The van der Waals surface area contributed by atoms with Gasteiger partial charge in [-0.2, -0.15) is 0 Å². The molecule has 4 atom stereocenters. The highest BCUT2D eigenvalue weighted by Crippen LogP contribution is 2.35. The number of ether oxygens (including phenoxy) is 1. The zero-order valence-corrected chi connectivity index (χ0v) is 13.1. The van der Waals surface area contributed by atoms with Gasteiger partial charge in [0.1, 0.15) is 6.04 Å². The van der Waals surface area contributed by atoms with E-state index in [1.807, 2.05) is 11.8 Å². The Balaban J connectivity index is 1.80. The number of carbonyl (C=O) groups is 2. The van der Waals surface area contributed by atoms with Crippen molar-refractivity contribution in [1.29, 1.82) is 0 Å². The molecule has 0 aromatic carbocycles. The van der Waals surface area contributed by atoms with E-state index in [0.29, 0.717) is 18.9 Å². The molecule has 1 aliphatic carbocycles. The van der Waals surface area contributed by atoms with Crippen molar-refractivity contribution in [3.05, 3.63) is 0 Å². The van der Waals surface area contributed by atoms with Gasteiger partial charge >= 0.3 is 12.0 Å². The molecule has 0 radical (unpaired) electrons. The Labute approximate surface area is 128 Å². The van der Waals surface area contributed by atoms with Crippen molar-refractivity contribution in [3.8, 4) is 0 Å². The topological polar surface area (TPSA) is 70.1 Å². The van der Waals surface area contributed by atoms with Crippen LogP contribution in [0.15, 0.2) is 0 Å². The maximum atomic E-state index is 12.9. The molecule has 21 heavy (non-hydrogen) atoms. The van der Waals surface area contributed by atoms with Gasteiger partial charge in [-0.05, 0) is 25.7 Å². The first-order valence-electron chi connectivity index (χ1n) is 7.68. The molecule has 1 N–H and O–H groups in total. The normalized spacial score (nSPS) is 35.9. The van der Waals surface area contributed by atoms with E-state index in [0.717, 1.165) is 25.7 Å². The summed E-state index contributed by atoms with van der Waals surface area (Å²) in [4.78, 5) is 27.8. The van der Waals surface area contributed by atoms with Crippen LogP contribution in [-0.2, 0) is 9.53 Å². The van der Waals surface area contributed by atoms with Crippen molar-refractivity contribution in [2.24, 2.45) is 0 Å². The van der Waals surface area contributed by atoms with Gasteiger partial charge in [0.15, 0.2) is 0 Å². The fraction of sp³-hybridized carbons (Fsp3) is 0.857. The summed E-state index contributed by atoms with van der Waals surface area (Å²) >= 11 is 1.57. The van der Waals surface area contributed by atoms with Crippen molar-refractivity contribution < 1.29 is 19.4 Å². The number of urea groups is 1. The third kappa shape index (κ3) is 2.61. The van der Waals surface area contributed by atoms with Gasteiger partial charge in [-0.15, -0.1) is 11.8 Å². The van der Waals surface area contributed by atoms with E-state index in [9.17, 15) is 14.7 Å². The number of aliphatic carboxylic acids is 1. The molecule has 2 amide bonds. The number of carbonyl (C=O) groups excluding carboxylic acids is 1. The molecule has 7 heteroatoms. The molecule has 0 bridgehead atoms. The van der Waals surface area contributed by atoms with Crippen molar-refractivity contribution in [2.45, 2.75) is 56.2 Å². The Morgan fingerprint density at radius 3 is 2.90 bits per heavy atom. The molecule has 0 spiro atoms. The minimum absolute atomic E-state index is 0.0266. The molecule has 2 aliphatic heterocycles. The summed E-state index contributed by atoms with van der Waals surface area (Å²) in [5.41, 5.74) is 0. The Morgan fingerprint density at radius 2 is 2.19 bits per heavy atom. The highest BCUT2D eigenvalue weighted by atomic mass is 32.2. The lowest BCUT2D eigenvalue weighted by molar-refractivity contribution is -0.141. The minimum atomic E-state index is -0.900. The van der Waals surface area contributed by atoms with Gasteiger partial charge in [0.25, 0.3) is 0 Å². The first-order chi connectivity index (χ1) is 10.1. The summed E-state index contributed by atoms with van der Waals surface area (Å²) in [6.07, 6.45) is 3.96. The zero-order valence-electron chi connectivity index (χ0n) is 12.2. The molecule has 0 aromatic rings. The number of thioether (sulfide) groups is 1. The van der Waals surface area contributed by atoms with Crippen LogP contribution in [0.1, 0.15) is 32.6 Å². The maximum Gasteiger partial charge on any atom is 0.327 e. The quantitative estimate of drug-likeness (QED) is 0.838. The lowest BCUT2D eigenvalue weighted by Crippen LogP contribution is -2.58. The standard InChI is InChI=1S/C14H22N2O4S/c1-2-12-16(10(8-21-12)13(17)18)14(19)15-6-7-20-11-5-3-4-9(11)15/h9-12H,2-8H2,1H3,(H,17,18). The molecule has 2 heterocycles. The lowest BCUT2D eigenvalue weighted by atomic mass is 10.1. The fourth-order valence-corrected chi connectivity index (χ4v) is 4.98. The van der Waals surface area contributed by atoms with Gasteiger partial charge in [0.2, 0.25) is 0 Å². The highest BCUT2D eigenvalue weighted by Gasteiger charge is 2.46. The predicted octanol–water partition coefficient (Wildman–Crippen LogP) is 1.60. The summed E-state index contributed by atoms with van der Waals surface area (Å²) in [7, 11) is 0. The number of amides is 2. The van der Waals surface area contributed by atoms with E-state index < -0.39 is 12.0 Å². The number of nitrogens with zero attached hydrogens (tertiary/aromatic N) is 2. The molecule has 4 unspecified atom stereocenters. The average molecular weight is 314 g/mol. The van der Waals surface area contributed by atoms with Crippen LogP contribution in [0.25, 0.3) is 0 Å². The van der Waals surface area contributed by atoms with E-state index >= 15 is 0 Å². The Kier molecular flexibility index (Phi) is 4.31. The molecule has 3 rings (SSSR count). The smallest absolute Gasteiger partial charge is 0.327 e. The minimum Gasteiger partial charge on any atom is -0.480 e. The van der Waals surface area contributed by atoms with Crippen LogP contribution < -0.4 is 0 Å². The largest absolute Gasteiger partial charge is 0.480 e. The van der Waals surface area contributed by atoms with Gasteiger partial charge in [-0.3, -0.25) is 4.90 Å². The number of fused-ring (bicyclic) bond motifs is 1.